The lowest BCUT2D eigenvalue weighted by molar-refractivity contribution is 0.0781. The highest BCUT2D eigenvalue weighted by molar-refractivity contribution is 9.11. The maximum atomic E-state index is 12.5. The summed E-state index contributed by atoms with van der Waals surface area (Å²) in [4.78, 5) is 18.5. The number of aromatic nitrogens is 1. The van der Waals surface area contributed by atoms with Gasteiger partial charge in [0.15, 0.2) is 0 Å². The molecule has 114 valence electrons. The molecule has 2 aromatic heterocycles. The number of nitrogens with one attached hydrogen (secondary N) is 1. The maximum Gasteiger partial charge on any atom is 0.270 e. The number of fused-ring (bicyclic) bond motifs is 1. The molecule has 0 fully saturated rings. The van der Waals surface area contributed by atoms with Crippen LogP contribution in [0, 0.1) is 0 Å². The number of thiophene rings is 1. The number of nitrogens with zero attached hydrogens (tertiary/aromatic N) is 1. The molecule has 3 rings (SSSR count). The minimum atomic E-state index is -0.0281. The van der Waals surface area contributed by atoms with Gasteiger partial charge in [-0.25, -0.2) is 0 Å². The first-order valence-electron chi connectivity index (χ1n) is 6.73. The van der Waals surface area contributed by atoms with Gasteiger partial charge in [-0.3, -0.25) is 4.79 Å². The highest BCUT2D eigenvalue weighted by atomic mass is 79.9. The summed E-state index contributed by atoms with van der Waals surface area (Å²) in [5.74, 6) is 0.741. The number of aromatic amines is 1. The molecule has 1 aromatic carbocycles. The minimum Gasteiger partial charge on any atom is -0.497 e. The molecule has 0 aliphatic heterocycles. The van der Waals surface area contributed by atoms with Crippen LogP contribution in [0.3, 0.4) is 0 Å². The summed E-state index contributed by atoms with van der Waals surface area (Å²) in [6, 6.07) is 11.6. The third-order valence-corrected chi connectivity index (χ3v) is 5.04. The number of methoxy groups -OCH3 is 1. The van der Waals surface area contributed by atoms with E-state index >= 15 is 0 Å². The normalized spacial score (nSPS) is 10.9. The van der Waals surface area contributed by atoms with Crippen molar-refractivity contribution in [3.8, 4) is 5.75 Å². The van der Waals surface area contributed by atoms with Crippen molar-refractivity contribution in [3.05, 3.63) is 50.8 Å². The number of ether oxygens (including phenoxy) is 1. The van der Waals surface area contributed by atoms with E-state index in [1.165, 1.54) is 0 Å². The number of amides is 1. The van der Waals surface area contributed by atoms with Crippen LogP contribution in [0.25, 0.3) is 10.9 Å². The molecule has 0 saturated carbocycles. The van der Waals surface area contributed by atoms with Gasteiger partial charge in [0.2, 0.25) is 0 Å². The molecule has 1 amide bonds. The smallest absolute Gasteiger partial charge is 0.270 e. The van der Waals surface area contributed by atoms with Gasteiger partial charge in [0, 0.05) is 28.9 Å². The molecular formula is C16H15BrN2O2S. The number of halogens is 1. The van der Waals surface area contributed by atoms with Gasteiger partial charge >= 0.3 is 0 Å². The van der Waals surface area contributed by atoms with Crippen LogP contribution in [0.2, 0.25) is 0 Å². The van der Waals surface area contributed by atoms with Gasteiger partial charge < -0.3 is 14.6 Å². The molecule has 1 N–H and O–H groups in total. The molecule has 0 bridgehead atoms. The quantitative estimate of drug-likeness (QED) is 0.736. The van der Waals surface area contributed by atoms with Gasteiger partial charge in [-0.15, -0.1) is 11.3 Å². The van der Waals surface area contributed by atoms with Crippen molar-refractivity contribution < 1.29 is 9.53 Å². The fourth-order valence-electron chi connectivity index (χ4n) is 2.30. The predicted octanol–water partition coefficient (Wildman–Crippen LogP) is 4.27. The lowest BCUT2D eigenvalue weighted by Crippen LogP contribution is -2.26. The standard InChI is InChI=1S/C16H15BrN2O2S/c1-19(9-12-5-6-15(17)22-12)16(20)14-7-10-3-4-11(21-2)8-13(10)18-14/h3-8,18H,9H2,1-2H3. The summed E-state index contributed by atoms with van der Waals surface area (Å²) in [7, 11) is 3.44. The first-order chi connectivity index (χ1) is 10.6. The Labute approximate surface area is 140 Å². The second-order valence-electron chi connectivity index (χ2n) is 5.00. The Morgan fingerprint density at radius 1 is 1.32 bits per heavy atom. The Morgan fingerprint density at radius 3 is 2.82 bits per heavy atom. The van der Waals surface area contributed by atoms with Gasteiger partial charge in [0.05, 0.1) is 17.4 Å². The van der Waals surface area contributed by atoms with Gasteiger partial charge in [0.1, 0.15) is 11.4 Å². The Kier molecular flexibility index (Phi) is 4.22. The number of carbonyl (C=O) groups excluding carboxylic acids is 1. The highest BCUT2D eigenvalue weighted by Crippen LogP contribution is 2.24. The summed E-state index contributed by atoms with van der Waals surface area (Å²) in [5, 5.41) is 0.997. The largest absolute Gasteiger partial charge is 0.497 e. The molecule has 0 aliphatic carbocycles. The first-order valence-corrected chi connectivity index (χ1v) is 8.34. The lowest BCUT2D eigenvalue weighted by Gasteiger charge is -2.15. The molecule has 6 heteroatoms. The number of hydrogen-bond donors (Lipinski definition) is 1. The van der Waals surface area contributed by atoms with Crippen molar-refractivity contribution in [2.75, 3.05) is 14.2 Å². The predicted molar refractivity (Wildman–Crippen MR) is 92.7 cm³/mol. The lowest BCUT2D eigenvalue weighted by atomic mass is 10.2. The molecule has 3 aromatic rings. The molecule has 22 heavy (non-hydrogen) atoms. The zero-order valence-electron chi connectivity index (χ0n) is 12.2. The van der Waals surface area contributed by atoms with Crippen molar-refractivity contribution in [3.63, 3.8) is 0 Å². The van der Waals surface area contributed by atoms with E-state index in [1.807, 2.05) is 43.4 Å². The minimum absolute atomic E-state index is 0.0281. The fraction of sp³-hybridized carbons (Fsp3) is 0.188. The van der Waals surface area contributed by atoms with E-state index in [0.29, 0.717) is 12.2 Å². The van der Waals surface area contributed by atoms with Crippen molar-refractivity contribution in [2.45, 2.75) is 6.54 Å². The summed E-state index contributed by atoms with van der Waals surface area (Å²) in [6.45, 7) is 0.591. The zero-order valence-corrected chi connectivity index (χ0v) is 14.6. The van der Waals surface area contributed by atoms with Crippen LogP contribution in [0.5, 0.6) is 5.75 Å². The molecule has 0 radical (unpaired) electrons. The number of H-pyrrole nitrogens is 1. The average molecular weight is 379 g/mol. The van der Waals surface area contributed by atoms with Crippen LogP contribution in [0.4, 0.5) is 0 Å². The molecule has 0 aliphatic rings. The van der Waals surface area contributed by atoms with E-state index in [0.717, 1.165) is 25.3 Å². The summed E-state index contributed by atoms with van der Waals surface area (Å²) in [5.41, 5.74) is 1.48. The van der Waals surface area contributed by atoms with E-state index in [4.69, 9.17) is 4.74 Å². The van der Waals surface area contributed by atoms with Crippen LogP contribution >= 0.6 is 27.3 Å². The van der Waals surface area contributed by atoms with Crippen LogP contribution in [-0.4, -0.2) is 29.9 Å². The van der Waals surface area contributed by atoms with Gasteiger partial charge in [-0.1, -0.05) is 0 Å². The van der Waals surface area contributed by atoms with Crippen LogP contribution in [-0.2, 0) is 6.54 Å². The van der Waals surface area contributed by atoms with E-state index < -0.39 is 0 Å². The molecule has 0 spiro atoms. The summed E-state index contributed by atoms with van der Waals surface area (Å²) >= 11 is 5.07. The van der Waals surface area contributed by atoms with Crippen molar-refractivity contribution >= 4 is 44.1 Å². The zero-order chi connectivity index (χ0) is 15.7. The molecule has 4 nitrogen and oxygen atoms in total. The van der Waals surface area contributed by atoms with Gasteiger partial charge in [-0.2, -0.15) is 0 Å². The summed E-state index contributed by atoms with van der Waals surface area (Å²) in [6.07, 6.45) is 0. The topological polar surface area (TPSA) is 45.3 Å². The Bertz CT molecular complexity index is 825. The van der Waals surface area contributed by atoms with Crippen LogP contribution in [0.15, 0.2) is 40.2 Å². The molecule has 0 unspecified atom stereocenters. The number of benzene rings is 1. The van der Waals surface area contributed by atoms with Crippen molar-refractivity contribution in [2.24, 2.45) is 0 Å². The average Bonchev–Trinajstić information content (AvgIpc) is 3.11. The van der Waals surface area contributed by atoms with Crippen LogP contribution in [0.1, 0.15) is 15.4 Å². The molecular weight excluding hydrogens is 364 g/mol. The van der Waals surface area contributed by atoms with Gasteiger partial charge in [-0.05, 0) is 46.3 Å². The Morgan fingerprint density at radius 2 is 2.14 bits per heavy atom. The van der Waals surface area contributed by atoms with E-state index in [-0.39, 0.29) is 5.91 Å². The third-order valence-electron chi connectivity index (χ3n) is 3.43. The number of carbonyl (C=O) groups is 1. The molecule has 2 heterocycles. The van der Waals surface area contributed by atoms with Crippen LogP contribution < -0.4 is 4.74 Å². The molecule has 0 atom stereocenters. The number of hydrogen-bond acceptors (Lipinski definition) is 3. The SMILES string of the molecule is COc1ccc2cc(C(=O)N(C)Cc3ccc(Br)s3)[nH]c2c1. The first kappa shape index (κ1) is 15.1. The van der Waals surface area contributed by atoms with E-state index in [9.17, 15) is 4.79 Å². The Hall–Kier alpha value is -1.79. The third kappa shape index (κ3) is 3.03. The summed E-state index contributed by atoms with van der Waals surface area (Å²) < 4.78 is 6.27. The second kappa shape index (κ2) is 6.14. The van der Waals surface area contributed by atoms with Crippen molar-refractivity contribution in [1.82, 2.24) is 9.88 Å². The second-order valence-corrected chi connectivity index (χ2v) is 7.55. The number of rotatable bonds is 4. The van der Waals surface area contributed by atoms with Gasteiger partial charge in [0.25, 0.3) is 5.91 Å². The molecule has 0 saturated heterocycles. The monoisotopic (exact) mass is 378 g/mol. The Balaban J connectivity index is 1.81. The van der Waals surface area contributed by atoms with E-state index in [2.05, 4.69) is 20.9 Å². The highest BCUT2D eigenvalue weighted by Gasteiger charge is 2.15. The van der Waals surface area contributed by atoms with E-state index in [1.54, 1.807) is 23.3 Å². The fourth-order valence-corrected chi connectivity index (χ4v) is 3.83. The maximum absolute atomic E-state index is 12.5. The van der Waals surface area contributed by atoms with Crippen molar-refractivity contribution in [1.29, 1.82) is 0 Å².